The number of amides is 1. The topological polar surface area (TPSA) is 146 Å². The van der Waals surface area contributed by atoms with Gasteiger partial charge in [0.15, 0.2) is 11.6 Å². The minimum Gasteiger partial charge on any atom is -0.465 e. The molecular formula is C9H15N5O5S. The molecule has 1 amide bonds. The molecule has 0 aliphatic rings. The van der Waals surface area contributed by atoms with Crippen molar-refractivity contribution >= 4 is 27.5 Å². The molecule has 0 spiro atoms. The summed E-state index contributed by atoms with van der Waals surface area (Å²) in [6.45, 7) is 1.34. The molecular weight excluding hydrogens is 290 g/mol. The Morgan fingerprint density at radius 1 is 1.45 bits per heavy atom. The Morgan fingerprint density at radius 3 is 2.65 bits per heavy atom. The number of esters is 1. The van der Waals surface area contributed by atoms with E-state index >= 15 is 0 Å². The lowest BCUT2D eigenvalue weighted by atomic mass is 10.6. The fraction of sp³-hybridized carbons (Fsp3) is 0.556. The molecule has 0 saturated heterocycles. The molecule has 20 heavy (non-hydrogen) atoms. The number of likely N-dealkylation sites (N-methyl/N-ethyl adjacent to an activating group) is 1. The summed E-state index contributed by atoms with van der Waals surface area (Å²) in [6, 6.07) is 0. The number of carbonyl (C=O) groups is 2. The summed E-state index contributed by atoms with van der Waals surface area (Å²) in [5.74, 6) is -2.52. The number of nitrogens with zero attached hydrogens (tertiary/aromatic N) is 3. The number of hydrogen-bond donors (Lipinski definition) is 2. The van der Waals surface area contributed by atoms with Crippen molar-refractivity contribution in [3.63, 3.8) is 0 Å². The third-order valence-electron chi connectivity index (χ3n) is 2.22. The molecule has 3 N–H and O–H groups in total. The average molecular weight is 305 g/mol. The number of aromatic nitrogens is 3. The van der Waals surface area contributed by atoms with Crippen LogP contribution in [0, 0.1) is 0 Å². The van der Waals surface area contributed by atoms with Crippen LogP contribution in [-0.2, 0) is 30.7 Å². The van der Waals surface area contributed by atoms with E-state index in [2.05, 4.69) is 20.4 Å². The van der Waals surface area contributed by atoms with Gasteiger partial charge in [-0.1, -0.05) is 5.21 Å². The van der Waals surface area contributed by atoms with Crippen LogP contribution in [0.15, 0.2) is 5.03 Å². The van der Waals surface area contributed by atoms with Gasteiger partial charge in [-0.2, -0.15) is 0 Å². The van der Waals surface area contributed by atoms with Gasteiger partial charge in [-0.25, -0.2) is 13.1 Å². The summed E-state index contributed by atoms with van der Waals surface area (Å²) in [4.78, 5) is 22.4. The van der Waals surface area contributed by atoms with Crippen molar-refractivity contribution in [2.45, 2.75) is 18.5 Å². The van der Waals surface area contributed by atoms with Gasteiger partial charge in [0, 0.05) is 7.05 Å². The highest BCUT2D eigenvalue weighted by Crippen LogP contribution is 2.16. The maximum absolute atomic E-state index is 11.9. The highest BCUT2D eigenvalue weighted by atomic mass is 32.2. The van der Waals surface area contributed by atoms with Crippen molar-refractivity contribution in [2.24, 2.45) is 0 Å². The van der Waals surface area contributed by atoms with Gasteiger partial charge >= 0.3 is 5.97 Å². The summed E-state index contributed by atoms with van der Waals surface area (Å²) < 4.78 is 29.3. The predicted molar refractivity (Wildman–Crippen MR) is 67.2 cm³/mol. The summed E-state index contributed by atoms with van der Waals surface area (Å²) in [6.07, 6.45) is 0. The van der Waals surface area contributed by atoms with Crippen LogP contribution in [0.25, 0.3) is 0 Å². The van der Waals surface area contributed by atoms with E-state index in [0.717, 1.165) is 4.68 Å². The van der Waals surface area contributed by atoms with Crippen molar-refractivity contribution in [1.82, 2.24) is 20.3 Å². The number of rotatable bonds is 6. The number of nitrogens with one attached hydrogen (secondary N) is 1. The smallest absolute Gasteiger partial charge is 0.321 e. The van der Waals surface area contributed by atoms with Gasteiger partial charge in [0.2, 0.25) is 20.8 Å². The molecule has 0 unspecified atom stereocenters. The monoisotopic (exact) mass is 305 g/mol. The van der Waals surface area contributed by atoms with Gasteiger partial charge < -0.3 is 15.8 Å². The van der Waals surface area contributed by atoms with E-state index in [1.807, 2.05) is 0 Å². The fourth-order valence-electron chi connectivity index (χ4n) is 1.28. The first kappa shape index (κ1) is 15.9. The highest BCUT2D eigenvalue weighted by molar-refractivity contribution is 7.92. The number of hydrogen-bond acceptors (Lipinski definition) is 8. The van der Waals surface area contributed by atoms with E-state index in [4.69, 9.17) is 5.73 Å². The van der Waals surface area contributed by atoms with Gasteiger partial charge in [0.05, 0.1) is 6.61 Å². The Hall–Kier alpha value is -2.17. The second kappa shape index (κ2) is 6.32. The van der Waals surface area contributed by atoms with Gasteiger partial charge in [-0.15, -0.1) is 5.10 Å². The predicted octanol–water partition coefficient (Wildman–Crippen LogP) is -2.06. The largest absolute Gasteiger partial charge is 0.465 e. The highest BCUT2D eigenvalue weighted by Gasteiger charge is 2.28. The summed E-state index contributed by atoms with van der Waals surface area (Å²) in [7, 11) is -2.65. The number of nitrogen functional groups attached to an aromatic ring is 1. The molecule has 0 aromatic carbocycles. The third-order valence-corrected chi connectivity index (χ3v) is 3.72. The van der Waals surface area contributed by atoms with Gasteiger partial charge in [-0.05, 0) is 6.92 Å². The van der Waals surface area contributed by atoms with Crippen LogP contribution in [0.4, 0.5) is 5.82 Å². The Bertz CT molecular complexity index is 608. The molecule has 11 heteroatoms. The molecule has 1 aromatic heterocycles. The zero-order valence-electron chi connectivity index (χ0n) is 11.0. The van der Waals surface area contributed by atoms with E-state index in [1.165, 1.54) is 7.05 Å². The minimum atomic E-state index is -4.06. The van der Waals surface area contributed by atoms with Crippen molar-refractivity contribution in [2.75, 3.05) is 25.1 Å². The van der Waals surface area contributed by atoms with Crippen LogP contribution in [0.2, 0.25) is 0 Å². The first-order valence-corrected chi connectivity index (χ1v) is 7.25. The van der Waals surface area contributed by atoms with Crippen molar-refractivity contribution < 1.29 is 22.7 Å². The Morgan fingerprint density at radius 2 is 2.10 bits per heavy atom. The van der Waals surface area contributed by atoms with Gasteiger partial charge in [0.1, 0.15) is 6.54 Å². The average Bonchev–Trinajstić information content (AvgIpc) is 2.71. The number of nitrogens with two attached hydrogens (primary N) is 1. The molecule has 0 aliphatic heterocycles. The lowest BCUT2D eigenvalue weighted by Gasteiger charge is -2.03. The van der Waals surface area contributed by atoms with E-state index in [0.29, 0.717) is 0 Å². The van der Waals surface area contributed by atoms with Gasteiger partial charge in [-0.3, -0.25) is 9.59 Å². The molecule has 0 saturated carbocycles. The van der Waals surface area contributed by atoms with E-state index in [9.17, 15) is 18.0 Å². The molecule has 0 radical (unpaired) electrons. The summed E-state index contributed by atoms with van der Waals surface area (Å²) in [5.41, 5.74) is 5.57. The molecule has 1 rings (SSSR count). The SMILES string of the molecule is CCOC(=O)CS(=O)(=O)c1nnn(CC(=O)NC)c1N. The van der Waals surface area contributed by atoms with Crippen LogP contribution in [0.1, 0.15) is 6.92 Å². The normalized spacial score (nSPS) is 11.1. The molecule has 0 bridgehead atoms. The lowest BCUT2D eigenvalue weighted by molar-refractivity contribution is -0.140. The second-order valence-electron chi connectivity index (χ2n) is 3.67. The molecule has 112 valence electrons. The maximum Gasteiger partial charge on any atom is 0.321 e. The standard InChI is InChI=1S/C9H15N5O5S/c1-3-19-7(16)5-20(17,18)9-8(10)14(13-12-9)4-6(15)11-2/h3-5,10H2,1-2H3,(H,11,15). The number of anilines is 1. The van der Waals surface area contributed by atoms with Crippen LogP contribution in [0.5, 0.6) is 0 Å². The Labute approximate surface area is 115 Å². The second-order valence-corrected chi connectivity index (χ2v) is 5.58. The van der Waals surface area contributed by atoms with Crippen molar-refractivity contribution in [3.8, 4) is 0 Å². The van der Waals surface area contributed by atoms with Gasteiger partial charge in [0.25, 0.3) is 0 Å². The summed E-state index contributed by atoms with van der Waals surface area (Å²) in [5, 5.41) is 8.66. The van der Waals surface area contributed by atoms with E-state index < -0.39 is 32.5 Å². The van der Waals surface area contributed by atoms with Crippen molar-refractivity contribution in [3.05, 3.63) is 0 Å². The lowest BCUT2D eigenvalue weighted by Crippen LogP contribution is -2.25. The Kier molecular flexibility index (Phi) is 5.02. The van der Waals surface area contributed by atoms with Crippen LogP contribution in [0.3, 0.4) is 0 Å². The molecule has 1 heterocycles. The zero-order valence-corrected chi connectivity index (χ0v) is 11.8. The molecule has 0 fully saturated rings. The van der Waals surface area contributed by atoms with Crippen molar-refractivity contribution in [1.29, 1.82) is 0 Å². The maximum atomic E-state index is 11.9. The number of ether oxygens (including phenoxy) is 1. The number of sulfone groups is 1. The molecule has 0 aliphatic carbocycles. The fourth-order valence-corrected chi connectivity index (χ4v) is 2.40. The van der Waals surface area contributed by atoms with Crippen LogP contribution in [-0.4, -0.2) is 54.7 Å². The first-order valence-electron chi connectivity index (χ1n) is 5.59. The molecule has 0 atom stereocenters. The minimum absolute atomic E-state index is 0.0627. The van der Waals surface area contributed by atoms with Crippen LogP contribution >= 0.6 is 0 Å². The third kappa shape index (κ3) is 3.66. The first-order chi connectivity index (χ1) is 9.31. The number of carbonyl (C=O) groups excluding carboxylic acids is 2. The van der Waals surface area contributed by atoms with E-state index in [1.54, 1.807) is 6.92 Å². The molecule has 1 aromatic rings. The zero-order chi connectivity index (χ0) is 15.3. The van der Waals surface area contributed by atoms with E-state index in [-0.39, 0.29) is 19.0 Å². The van der Waals surface area contributed by atoms with Crippen LogP contribution < -0.4 is 11.1 Å². The summed E-state index contributed by atoms with van der Waals surface area (Å²) >= 11 is 0. The molecule has 10 nitrogen and oxygen atoms in total. The Balaban J connectivity index is 2.97. The quantitative estimate of drug-likeness (QED) is 0.570.